The third-order valence-electron chi connectivity index (χ3n) is 13.0. The van der Waals surface area contributed by atoms with Crippen LogP contribution in [-0.2, 0) is 60.8 Å². The summed E-state index contributed by atoms with van der Waals surface area (Å²) in [6.07, 6.45) is 5.12. The van der Waals surface area contributed by atoms with Gasteiger partial charge in [-0.1, -0.05) is 13.8 Å². The minimum Gasteiger partial charge on any atom is -0.480 e. The van der Waals surface area contributed by atoms with Gasteiger partial charge in [0.2, 0.25) is 53.2 Å². The number of guanidine groups is 3. The lowest BCUT2D eigenvalue weighted by Crippen LogP contribution is -2.60. The fraction of sp³-hybridized carbons (Fsp3) is 0.612. The van der Waals surface area contributed by atoms with Crippen LogP contribution in [-0.4, -0.2) is 199 Å². The number of nitrogens with one attached hydrogen (secondary N) is 9. The fourth-order valence-corrected chi connectivity index (χ4v) is 8.68. The first-order valence-electron chi connectivity index (χ1n) is 27.2. The molecular weight excluding hydrogens is 1100 g/mol. The number of carboxylic acids is 1. The molecule has 2 aromatic rings. The first kappa shape index (κ1) is 69.1. The Bertz CT molecular complexity index is 2590. The summed E-state index contributed by atoms with van der Waals surface area (Å²) in [4.78, 5) is 162. The molecule has 3 rings (SSSR count). The topological polar surface area (TPSA) is 601 Å². The van der Waals surface area contributed by atoms with Crippen molar-refractivity contribution in [2.45, 2.75) is 152 Å². The largest absolute Gasteiger partial charge is 0.480 e. The second-order valence-electron chi connectivity index (χ2n) is 20.3. The van der Waals surface area contributed by atoms with Gasteiger partial charge in [-0.3, -0.25) is 58.1 Å². The number of aromatic nitrogens is 4. The number of aliphatic hydroxyl groups is 1. The van der Waals surface area contributed by atoms with Crippen LogP contribution in [0.25, 0.3) is 0 Å². The van der Waals surface area contributed by atoms with Crippen LogP contribution < -0.4 is 83.1 Å². The van der Waals surface area contributed by atoms with Gasteiger partial charge in [-0.25, -0.2) is 14.8 Å². The molecule has 0 radical (unpaired) electrons. The number of carboxylic acid groups (broad SMARTS) is 1. The molecule has 84 heavy (non-hydrogen) atoms. The van der Waals surface area contributed by atoms with Crippen molar-refractivity contribution >= 4 is 77.0 Å². The number of amides is 9. The summed E-state index contributed by atoms with van der Waals surface area (Å²) in [5.74, 6) is -9.87. The summed E-state index contributed by atoms with van der Waals surface area (Å²) in [5.41, 5.74) is 45.2. The van der Waals surface area contributed by atoms with Gasteiger partial charge in [0.25, 0.3) is 0 Å². The Morgan fingerprint density at radius 3 is 1.50 bits per heavy atom. The van der Waals surface area contributed by atoms with Crippen LogP contribution in [0.4, 0.5) is 0 Å². The van der Waals surface area contributed by atoms with Crippen molar-refractivity contribution in [1.29, 1.82) is 0 Å². The van der Waals surface area contributed by atoms with Gasteiger partial charge in [-0.2, -0.15) is 0 Å². The van der Waals surface area contributed by atoms with Crippen molar-refractivity contribution in [2.75, 3.05) is 32.8 Å². The predicted molar refractivity (Wildman–Crippen MR) is 303 cm³/mol. The highest BCUT2D eigenvalue weighted by Gasteiger charge is 2.40. The molecule has 0 aromatic carbocycles. The third kappa shape index (κ3) is 24.9. The van der Waals surface area contributed by atoms with Crippen LogP contribution in [0.2, 0.25) is 0 Å². The molecular formula is C49H83N23O12. The molecule has 0 aliphatic carbocycles. The Hall–Kier alpha value is -9.15. The number of carbonyl (C=O) groups excluding carboxylic acids is 9. The average molecular weight is 1190 g/mol. The molecule has 9 amide bonds. The molecule has 466 valence electrons. The second-order valence-corrected chi connectivity index (χ2v) is 20.3. The minimum absolute atomic E-state index is 0.00432. The number of likely N-dealkylation sites (tertiary alicyclic amines) is 1. The van der Waals surface area contributed by atoms with E-state index in [1.54, 1.807) is 13.8 Å². The van der Waals surface area contributed by atoms with E-state index in [4.69, 9.17) is 45.9 Å². The summed E-state index contributed by atoms with van der Waals surface area (Å²) in [5, 5.41) is 37.9. The zero-order chi connectivity index (χ0) is 62.5. The molecule has 1 aliphatic heterocycles. The van der Waals surface area contributed by atoms with Gasteiger partial charge in [0.1, 0.15) is 48.3 Å². The van der Waals surface area contributed by atoms with Crippen LogP contribution in [0.3, 0.4) is 0 Å². The number of nitrogens with two attached hydrogens (primary N) is 8. The van der Waals surface area contributed by atoms with E-state index in [-0.39, 0.29) is 127 Å². The number of H-pyrrole nitrogens is 2. The number of aromatic amines is 2. The molecule has 1 saturated heterocycles. The van der Waals surface area contributed by atoms with Gasteiger partial charge in [0, 0.05) is 69.2 Å². The van der Waals surface area contributed by atoms with E-state index < -0.39 is 120 Å². The molecule has 9 atom stereocenters. The zero-order valence-electron chi connectivity index (χ0n) is 47.1. The number of primary amides is 1. The highest BCUT2D eigenvalue weighted by atomic mass is 16.4. The van der Waals surface area contributed by atoms with Gasteiger partial charge in [-0.05, 0) is 70.1 Å². The molecule has 27 N–H and O–H groups in total. The summed E-state index contributed by atoms with van der Waals surface area (Å²) in [6, 6.07) is -12.5. The van der Waals surface area contributed by atoms with Crippen molar-refractivity contribution in [3.8, 4) is 0 Å². The molecule has 0 unspecified atom stereocenters. The molecule has 35 nitrogen and oxygen atoms in total. The van der Waals surface area contributed by atoms with Crippen molar-refractivity contribution < 1.29 is 58.2 Å². The average Bonchev–Trinajstić information content (AvgIpc) is 4.10. The first-order chi connectivity index (χ1) is 39.8. The predicted octanol–water partition coefficient (Wildman–Crippen LogP) is -7.82. The molecule has 0 spiro atoms. The monoisotopic (exact) mass is 1190 g/mol. The molecule has 0 saturated carbocycles. The molecule has 2 aromatic heterocycles. The van der Waals surface area contributed by atoms with Gasteiger partial charge in [0.05, 0.1) is 25.3 Å². The maximum Gasteiger partial charge on any atom is 0.326 e. The van der Waals surface area contributed by atoms with E-state index >= 15 is 0 Å². The maximum atomic E-state index is 14.8. The van der Waals surface area contributed by atoms with E-state index in [0.717, 1.165) is 0 Å². The number of aliphatic hydroxyl groups excluding tert-OH is 1. The molecule has 35 heteroatoms. The number of hydrogen-bond donors (Lipinski definition) is 19. The Morgan fingerprint density at radius 1 is 0.595 bits per heavy atom. The lowest BCUT2D eigenvalue weighted by molar-refractivity contribution is -0.143. The smallest absolute Gasteiger partial charge is 0.326 e. The number of imidazole rings is 2. The Morgan fingerprint density at radius 2 is 1.02 bits per heavy atom. The SMILES string of the molecule is CC(C)C[C@H](NC(=O)[C@@H](N)CCC(N)=O)C(=O)N[C@@H](CCCN=C(N)N)C(=O)N[C@@H](CCCN=C(N)N)C(=O)N1CCC[C@H]1C(=O)N[C@@H](CCCN=C(N)N)C(=O)N[C@@H](Cc1cnc[nH]1)C(=O)N[C@@H](CO)C(=O)N[C@@H](Cc1cnc[nH]1)C(=O)O. The van der Waals surface area contributed by atoms with E-state index in [1.165, 1.54) is 29.9 Å². The number of aliphatic carboxylic acids is 1. The quantitative estimate of drug-likeness (QED) is 0.0169. The highest BCUT2D eigenvalue weighted by molar-refractivity contribution is 5.98. The molecule has 3 heterocycles. The molecule has 1 fully saturated rings. The Kier molecular flexibility index (Phi) is 29.3. The van der Waals surface area contributed by atoms with Crippen LogP contribution in [0, 0.1) is 5.92 Å². The van der Waals surface area contributed by atoms with Gasteiger partial charge >= 0.3 is 5.97 Å². The van der Waals surface area contributed by atoms with Crippen LogP contribution >= 0.6 is 0 Å². The van der Waals surface area contributed by atoms with E-state index in [2.05, 4.69) is 72.1 Å². The maximum absolute atomic E-state index is 14.8. The lowest BCUT2D eigenvalue weighted by atomic mass is 10.0. The summed E-state index contributed by atoms with van der Waals surface area (Å²) in [7, 11) is 0. The first-order valence-corrected chi connectivity index (χ1v) is 27.2. The normalized spacial score (nSPS) is 15.7. The van der Waals surface area contributed by atoms with Gasteiger partial charge in [0.15, 0.2) is 17.9 Å². The number of rotatable bonds is 38. The standard InChI is InChI=1S/C49H83N23O12/c1-25(2)17-32(68-38(75)28(50)11-12-37(51)74)41(78)65-29(7-3-13-60-47(52)53)39(76)67-31(9-5-15-62-49(56)57)45(82)72-16-6-10-36(72)44(81)66-30(8-4-14-61-48(54)55)40(77)69-33(18-26-20-58-23-63-26)42(79)71-35(22-73)43(80)70-34(46(83)84)19-27-21-59-24-64-27/h20-21,23-25,28-36,73H,3-19,22,50H2,1-2H3,(H2,51,74)(H,58,63)(H,59,64)(H,65,78)(H,66,81)(H,67,76)(H,68,75)(H,69,77)(H,70,80)(H,71,79)(H,83,84)(H4,52,53,60)(H4,54,55,61)(H4,56,57,62)/t28-,29-,30-,31-,32-,33-,34-,35-,36-/m0/s1. The number of hydrogen-bond acceptors (Lipinski definition) is 17. The summed E-state index contributed by atoms with van der Waals surface area (Å²) >= 11 is 0. The van der Waals surface area contributed by atoms with Crippen molar-refractivity contribution in [1.82, 2.24) is 62.1 Å². The summed E-state index contributed by atoms with van der Waals surface area (Å²) < 4.78 is 0. The minimum atomic E-state index is -1.71. The molecule has 1 aliphatic rings. The summed E-state index contributed by atoms with van der Waals surface area (Å²) in [6.45, 7) is 2.66. The van der Waals surface area contributed by atoms with Gasteiger partial charge in [-0.15, -0.1) is 0 Å². The van der Waals surface area contributed by atoms with Crippen molar-refractivity contribution in [3.63, 3.8) is 0 Å². The van der Waals surface area contributed by atoms with Crippen molar-refractivity contribution in [2.24, 2.45) is 66.8 Å². The second kappa shape index (κ2) is 35.7. The highest BCUT2D eigenvalue weighted by Crippen LogP contribution is 2.21. The third-order valence-corrected chi connectivity index (χ3v) is 13.0. The van der Waals surface area contributed by atoms with Crippen LogP contribution in [0.1, 0.15) is 95.9 Å². The number of nitrogens with zero attached hydrogens (tertiary/aromatic N) is 6. The Balaban J connectivity index is 1.94. The zero-order valence-corrected chi connectivity index (χ0v) is 47.1. The van der Waals surface area contributed by atoms with Crippen LogP contribution in [0.5, 0.6) is 0 Å². The van der Waals surface area contributed by atoms with E-state index in [1.807, 2.05) is 0 Å². The fourth-order valence-electron chi connectivity index (χ4n) is 8.68. The van der Waals surface area contributed by atoms with E-state index in [9.17, 15) is 58.2 Å². The number of carbonyl (C=O) groups is 10. The van der Waals surface area contributed by atoms with Crippen LogP contribution in [0.15, 0.2) is 40.0 Å². The van der Waals surface area contributed by atoms with Crippen molar-refractivity contribution in [3.05, 3.63) is 36.4 Å². The van der Waals surface area contributed by atoms with Gasteiger partial charge < -0.3 is 108 Å². The molecule has 0 bridgehead atoms. The Labute approximate surface area is 483 Å². The van der Waals surface area contributed by atoms with E-state index in [0.29, 0.717) is 17.8 Å². The lowest BCUT2D eigenvalue weighted by Gasteiger charge is -2.31. The number of aliphatic imine (C=N–C) groups is 3.